The summed E-state index contributed by atoms with van der Waals surface area (Å²) in [5, 5.41) is 2.37. The molecule has 0 saturated heterocycles. The lowest BCUT2D eigenvalue weighted by Gasteiger charge is -2.04. The summed E-state index contributed by atoms with van der Waals surface area (Å²) in [7, 11) is 0. The maximum absolute atomic E-state index is 4.59. The van der Waals surface area contributed by atoms with Gasteiger partial charge in [-0.1, -0.05) is 38.0 Å². The first kappa shape index (κ1) is 14.6. The summed E-state index contributed by atoms with van der Waals surface area (Å²) in [6.45, 7) is 2.22. The molecule has 2 rings (SSSR count). The van der Waals surface area contributed by atoms with Crippen LogP contribution in [0.3, 0.4) is 0 Å². The molecule has 0 fully saturated rings. The lowest BCUT2D eigenvalue weighted by atomic mass is 10.1. The number of unbranched alkanes of at least 4 members (excludes halogenated alkanes) is 2. The molecule has 2 aromatic rings. The Bertz CT molecular complexity index is 581. The van der Waals surface area contributed by atoms with Crippen LogP contribution in [0.1, 0.15) is 31.7 Å². The molecule has 2 nitrogen and oxygen atoms in total. The van der Waals surface area contributed by atoms with E-state index in [-0.39, 0.29) is 0 Å². The molecule has 3 heteroatoms. The summed E-state index contributed by atoms with van der Waals surface area (Å²) >= 11 is 4.59. The summed E-state index contributed by atoms with van der Waals surface area (Å²) in [6, 6.07) is 12.1. The molecule has 1 aromatic carbocycles. The average Bonchev–Trinajstić information content (AvgIpc) is 2.49. The normalized spacial score (nSPS) is 10.1. The van der Waals surface area contributed by atoms with Crippen molar-refractivity contribution in [3.8, 4) is 11.3 Å². The highest BCUT2D eigenvalue weighted by Crippen LogP contribution is 2.21. The molecule has 0 saturated carbocycles. The lowest BCUT2D eigenvalue weighted by Crippen LogP contribution is -1.89. The summed E-state index contributed by atoms with van der Waals surface area (Å²) in [5.41, 5.74) is 4.21. The number of aliphatic imine (C=N–C) groups is 1. The number of hydrogen-bond donors (Lipinski definition) is 0. The van der Waals surface area contributed by atoms with Crippen LogP contribution in [0.25, 0.3) is 11.3 Å². The van der Waals surface area contributed by atoms with Gasteiger partial charge < -0.3 is 0 Å². The predicted molar refractivity (Wildman–Crippen MR) is 87.6 cm³/mol. The van der Waals surface area contributed by atoms with Gasteiger partial charge >= 0.3 is 0 Å². The Kier molecular flexibility index (Phi) is 5.60. The number of pyridine rings is 1. The minimum absolute atomic E-state index is 0.819. The second-order valence-electron chi connectivity index (χ2n) is 4.76. The van der Waals surface area contributed by atoms with Gasteiger partial charge in [-0.25, -0.2) is 0 Å². The van der Waals surface area contributed by atoms with Crippen LogP contribution in [-0.2, 0) is 6.42 Å². The van der Waals surface area contributed by atoms with Crippen molar-refractivity contribution >= 4 is 23.1 Å². The molecule has 0 aliphatic carbocycles. The van der Waals surface area contributed by atoms with E-state index in [9.17, 15) is 0 Å². The Morgan fingerprint density at radius 1 is 1.10 bits per heavy atom. The first-order valence-electron chi connectivity index (χ1n) is 6.96. The Balaban J connectivity index is 2.07. The molecule has 0 aliphatic rings. The molecule has 1 aromatic heterocycles. The van der Waals surface area contributed by atoms with E-state index in [1.807, 2.05) is 30.5 Å². The van der Waals surface area contributed by atoms with Crippen LogP contribution in [0.4, 0.5) is 5.69 Å². The number of hydrogen-bond acceptors (Lipinski definition) is 3. The fraction of sp³-hybridized carbons (Fsp3) is 0.294. The van der Waals surface area contributed by atoms with Gasteiger partial charge in [-0.3, -0.25) is 4.98 Å². The smallest absolute Gasteiger partial charge is 0.0740 e. The Morgan fingerprint density at radius 2 is 1.90 bits per heavy atom. The fourth-order valence-corrected chi connectivity index (χ4v) is 2.19. The number of aryl methyl sites for hydroxylation is 1. The van der Waals surface area contributed by atoms with Crippen molar-refractivity contribution in [1.82, 2.24) is 4.98 Å². The number of benzene rings is 1. The van der Waals surface area contributed by atoms with Crippen LogP contribution in [0.5, 0.6) is 0 Å². The number of isothiocyanates is 1. The predicted octanol–water partition coefficient (Wildman–Crippen LogP) is 5.22. The van der Waals surface area contributed by atoms with Gasteiger partial charge in [0.2, 0.25) is 0 Å². The van der Waals surface area contributed by atoms with E-state index in [4.69, 9.17) is 0 Å². The van der Waals surface area contributed by atoms with E-state index in [0.717, 1.165) is 23.4 Å². The van der Waals surface area contributed by atoms with Crippen LogP contribution in [0.2, 0.25) is 0 Å². The Labute approximate surface area is 125 Å². The van der Waals surface area contributed by atoms with Crippen molar-refractivity contribution < 1.29 is 0 Å². The molecular weight excluding hydrogens is 264 g/mol. The summed E-state index contributed by atoms with van der Waals surface area (Å²) in [5.74, 6) is 0. The zero-order valence-corrected chi connectivity index (χ0v) is 12.5. The molecule has 0 atom stereocenters. The van der Waals surface area contributed by atoms with Crippen molar-refractivity contribution in [2.75, 3.05) is 0 Å². The van der Waals surface area contributed by atoms with Gasteiger partial charge in [0.05, 0.1) is 16.5 Å². The average molecular weight is 282 g/mol. The largest absolute Gasteiger partial charge is 0.256 e. The first-order valence-corrected chi connectivity index (χ1v) is 7.37. The molecule has 0 spiro atoms. The summed E-state index contributed by atoms with van der Waals surface area (Å²) in [6.07, 6.45) is 6.87. The van der Waals surface area contributed by atoms with Crippen LogP contribution in [-0.4, -0.2) is 10.1 Å². The third-order valence-corrected chi connectivity index (χ3v) is 3.32. The summed E-state index contributed by atoms with van der Waals surface area (Å²) < 4.78 is 0. The van der Waals surface area contributed by atoms with E-state index in [2.05, 4.69) is 46.4 Å². The molecule has 0 radical (unpaired) electrons. The van der Waals surface area contributed by atoms with Crippen molar-refractivity contribution in [3.05, 3.63) is 48.2 Å². The van der Waals surface area contributed by atoms with E-state index in [1.165, 1.54) is 24.8 Å². The second-order valence-corrected chi connectivity index (χ2v) is 4.94. The quantitative estimate of drug-likeness (QED) is 0.412. The van der Waals surface area contributed by atoms with Gasteiger partial charge in [-0.05, 0) is 48.8 Å². The topological polar surface area (TPSA) is 25.2 Å². The molecule has 0 N–H and O–H groups in total. The monoisotopic (exact) mass is 282 g/mol. The highest BCUT2D eigenvalue weighted by molar-refractivity contribution is 7.78. The van der Waals surface area contributed by atoms with Crippen LogP contribution < -0.4 is 0 Å². The van der Waals surface area contributed by atoms with E-state index >= 15 is 0 Å². The molecular formula is C17H18N2S. The third kappa shape index (κ3) is 4.09. The Hall–Kier alpha value is -1.83. The maximum Gasteiger partial charge on any atom is 0.0740 e. The molecule has 0 aliphatic heterocycles. The number of thiocarbonyl (C=S) groups is 1. The molecule has 20 heavy (non-hydrogen) atoms. The molecule has 0 unspecified atom stereocenters. The van der Waals surface area contributed by atoms with Crippen LogP contribution >= 0.6 is 12.2 Å². The van der Waals surface area contributed by atoms with Gasteiger partial charge in [0, 0.05) is 11.8 Å². The van der Waals surface area contributed by atoms with Crippen molar-refractivity contribution in [1.29, 1.82) is 0 Å². The highest BCUT2D eigenvalue weighted by Gasteiger charge is 2.00. The van der Waals surface area contributed by atoms with Gasteiger partial charge in [0.25, 0.3) is 0 Å². The first-order chi connectivity index (χ1) is 9.83. The van der Waals surface area contributed by atoms with Gasteiger partial charge in [-0.15, -0.1) is 0 Å². The number of aromatic nitrogens is 1. The second kappa shape index (κ2) is 7.68. The minimum atomic E-state index is 0.819. The molecule has 0 amide bonds. The van der Waals surface area contributed by atoms with Gasteiger partial charge in [0.1, 0.15) is 0 Å². The number of nitrogens with zero attached hydrogens (tertiary/aromatic N) is 2. The zero-order chi connectivity index (χ0) is 14.2. The van der Waals surface area contributed by atoms with Crippen molar-refractivity contribution in [2.24, 2.45) is 4.99 Å². The van der Waals surface area contributed by atoms with Crippen LogP contribution in [0.15, 0.2) is 47.6 Å². The molecule has 102 valence electrons. The minimum Gasteiger partial charge on any atom is -0.256 e. The van der Waals surface area contributed by atoms with E-state index < -0.39 is 0 Å². The fourth-order valence-electron chi connectivity index (χ4n) is 2.08. The van der Waals surface area contributed by atoms with Gasteiger partial charge in [-0.2, -0.15) is 4.99 Å². The zero-order valence-electron chi connectivity index (χ0n) is 11.7. The van der Waals surface area contributed by atoms with E-state index in [1.54, 1.807) is 0 Å². The van der Waals surface area contributed by atoms with Crippen molar-refractivity contribution in [3.63, 3.8) is 0 Å². The molecule has 1 heterocycles. The maximum atomic E-state index is 4.59. The highest BCUT2D eigenvalue weighted by atomic mass is 32.1. The third-order valence-electron chi connectivity index (χ3n) is 3.23. The van der Waals surface area contributed by atoms with Gasteiger partial charge in [0.15, 0.2) is 0 Å². The Morgan fingerprint density at radius 3 is 2.50 bits per heavy atom. The summed E-state index contributed by atoms with van der Waals surface area (Å²) in [4.78, 5) is 8.48. The standard InChI is InChI=1S/C17H18N2S/c1-2-3-4-5-14-6-11-17(18-12-14)15-7-9-16(10-8-15)19-13-20/h6-12H,2-5H2,1H3. The SMILES string of the molecule is CCCCCc1ccc(-c2ccc(N=C=S)cc2)nc1. The van der Waals surface area contributed by atoms with Crippen LogP contribution in [0, 0.1) is 0 Å². The van der Waals surface area contributed by atoms with E-state index in [0.29, 0.717) is 0 Å². The number of rotatable bonds is 6. The molecule has 0 bridgehead atoms. The van der Waals surface area contributed by atoms with Crippen molar-refractivity contribution in [2.45, 2.75) is 32.6 Å². The lowest BCUT2D eigenvalue weighted by molar-refractivity contribution is 0.716.